The van der Waals surface area contributed by atoms with E-state index in [1.807, 2.05) is 37.3 Å². The number of hydrogen-bond donors (Lipinski definition) is 2. The van der Waals surface area contributed by atoms with E-state index in [1.165, 1.54) is 19.3 Å². The molecule has 0 aromatic heterocycles. The quantitative estimate of drug-likeness (QED) is 0.883. The first-order chi connectivity index (χ1) is 9.59. The molecule has 0 saturated heterocycles. The van der Waals surface area contributed by atoms with Gasteiger partial charge in [0.15, 0.2) is 0 Å². The van der Waals surface area contributed by atoms with Crippen LogP contribution < -0.4 is 11.1 Å². The van der Waals surface area contributed by atoms with Crippen LogP contribution in [-0.4, -0.2) is 11.9 Å². The minimum Gasteiger partial charge on any atom is -0.351 e. The molecule has 4 rings (SSSR count). The van der Waals surface area contributed by atoms with Gasteiger partial charge >= 0.3 is 0 Å². The summed E-state index contributed by atoms with van der Waals surface area (Å²) in [6, 6.07) is 10.1. The number of hydrogen-bond acceptors (Lipinski definition) is 2. The van der Waals surface area contributed by atoms with Gasteiger partial charge in [-0.05, 0) is 55.4 Å². The Hall–Kier alpha value is -1.35. The average Bonchev–Trinajstić information content (AvgIpc) is 2.85. The van der Waals surface area contributed by atoms with E-state index in [1.54, 1.807) is 0 Å². The number of nitrogens with two attached hydrogens (primary N) is 1. The number of nitrogens with one attached hydrogen (secondary N) is 1. The van der Waals surface area contributed by atoms with Gasteiger partial charge in [-0.25, -0.2) is 0 Å². The van der Waals surface area contributed by atoms with Crippen molar-refractivity contribution in [3.63, 3.8) is 0 Å². The molecule has 5 unspecified atom stereocenters. The van der Waals surface area contributed by atoms with Crippen LogP contribution in [-0.2, 0) is 10.3 Å². The van der Waals surface area contributed by atoms with Gasteiger partial charge in [-0.3, -0.25) is 4.79 Å². The highest BCUT2D eigenvalue weighted by Crippen LogP contribution is 2.65. The minimum absolute atomic E-state index is 0.0255. The van der Waals surface area contributed by atoms with Crippen LogP contribution in [0.15, 0.2) is 30.3 Å². The molecule has 1 aromatic carbocycles. The maximum Gasteiger partial charge on any atom is 0.244 e. The van der Waals surface area contributed by atoms with Gasteiger partial charge in [0.1, 0.15) is 5.54 Å². The molecule has 3 nitrogen and oxygen atoms in total. The molecule has 1 aromatic rings. The van der Waals surface area contributed by atoms with Gasteiger partial charge in [-0.1, -0.05) is 30.3 Å². The van der Waals surface area contributed by atoms with Crippen LogP contribution >= 0.6 is 0 Å². The van der Waals surface area contributed by atoms with E-state index in [-0.39, 0.29) is 5.91 Å². The molecule has 1 amide bonds. The molecule has 2 bridgehead atoms. The Morgan fingerprint density at radius 1 is 1.20 bits per heavy atom. The summed E-state index contributed by atoms with van der Waals surface area (Å²) >= 11 is 0. The molecule has 3 fully saturated rings. The Bertz CT molecular complexity index is 523. The molecule has 3 heteroatoms. The Kier molecular flexibility index (Phi) is 2.53. The average molecular weight is 270 g/mol. The predicted molar refractivity (Wildman–Crippen MR) is 77.7 cm³/mol. The largest absolute Gasteiger partial charge is 0.351 e. The summed E-state index contributed by atoms with van der Waals surface area (Å²) < 4.78 is 0. The van der Waals surface area contributed by atoms with Crippen molar-refractivity contribution in [2.75, 3.05) is 0 Å². The lowest BCUT2D eigenvalue weighted by molar-refractivity contribution is -0.126. The molecule has 0 heterocycles. The standard InChI is InChI=1S/C17H22N2O/c1-17(18,12-5-3-2-4-6-12)16(20)19-15-13-10-7-8-11(9-10)14(13)15/h2-6,10-11,13-15H,7-9,18H2,1H3,(H,19,20). The van der Waals surface area contributed by atoms with Gasteiger partial charge in [0.05, 0.1) is 0 Å². The lowest BCUT2D eigenvalue weighted by Gasteiger charge is -2.25. The van der Waals surface area contributed by atoms with Crippen molar-refractivity contribution >= 4 is 5.91 Å². The normalized spacial score (nSPS) is 40.0. The van der Waals surface area contributed by atoms with Crippen molar-refractivity contribution < 1.29 is 4.79 Å². The van der Waals surface area contributed by atoms with Crippen molar-refractivity contribution in [1.82, 2.24) is 5.32 Å². The molecular formula is C17H22N2O. The van der Waals surface area contributed by atoms with E-state index >= 15 is 0 Å². The smallest absolute Gasteiger partial charge is 0.244 e. The third-order valence-electron chi connectivity index (χ3n) is 5.88. The van der Waals surface area contributed by atoms with E-state index in [9.17, 15) is 4.79 Å². The second-order valence-corrected chi connectivity index (χ2v) is 7.06. The summed E-state index contributed by atoms with van der Waals surface area (Å²) in [5.74, 6) is 3.23. The highest BCUT2D eigenvalue weighted by molar-refractivity contribution is 5.87. The molecule has 3 aliphatic rings. The SMILES string of the molecule is CC(N)(C(=O)NC1C2C3CCC(C3)C12)c1ccccc1. The monoisotopic (exact) mass is 270 g/mol. The van der Waals surface area contributed by atoms with Gasteiger partial charge in [0, 0.05) is 6.04 Å². The van der Waals surface area contributed by atoms with Crippen molar-refractivity contribution in [2.24, 2.45) is 29.4 Å². The molecule has 0 radical (unpaired) electrons. The van der Waals surface area contributed by atoms with Crippen LogP contribution in [0.25, 0.3) is 0 Å². The van der Waals surface area contributed by atoms with E-state index in [4.69, 9.17) is 5.73 Å². The number of amides is 1. The van der Waals surface area contributed by atoms with Crippen LogP contribution in [0.4, 0.5) is 0 Å². The van der Waals surface area contributed by atoms with Crippen molar-refractivity contribution in [3.05, 3.63) is 35.9 Å². The first-order valence-electron chi connectivity index (χ1n) is 7.74. The fourth-order valence-electron chi connectivity index (χ4n) is 4.74. The molecule has 20 heavy (non-hydrogen) atoms. The molecule has 0 aliphatic heterocycles. The molecule has 3 aliphatic carbocycles. The molecule has 3 saturated carbocycles. The zero-order valence-electron chi connectivity index (χ0n) is 11.9. The summed E-state index contributed by atoms with van der Waals surface area (Å²) in [6.45, 7) is 1.81. The van der Waals surface area contributed by atoms with E-state index in [0.29, 0.717) is 6.04 Å². The predicted octanol–water partition coefficient (Wildman–Crippen LogP) is 2.02. The van der Waals surface area contributed by atoms with Gasteiger partial charge in [-0.2, -0.15) is 0 Å². The van der Waals surface area contributed by atoms with Gasteiger partial charge in [-0.15, -0.1) is 0 Å². The van der Waals surface area contributed by atoms with E-state index in [0.717, 1.165) is 29.2 Å². The minimum atomic E-state index is -0.933. The molecule has 5 atom stereocenters. The van der Waals surface area contributed by atoms with Gasteiger partial charge in [0.2, 0.25) is 5.91 Å². The van der Waals surface area contributed by atoms with Crippen LogP contribution in [0.5, 0.6) is 0 Å². The second kappa shape index (κ2) is 4.08. The summed E-state index contributed by atoms with van der Waals surface area (Å²) in [4.78, 5) is 12.5. The summed E-state index contributed by atoms with van der Waals surface area (Å²) in [6.07, 6.45) is 4.15. The first kappa shape index (κ1) is 12.4. The third kappa shape index (κ3) is 1.65. The Labute approximate surface area is 119 Å². The summed E-state index contributed by atoms with van der Waals surface area (Å²) in [5, 5.41) is 3.23. The van der Waals surface area contributed by atoms with Gasteiger partial charge < -0.3 is 11.1 Å². The maximum absolute atomic E-state index is 12.5. The molecule has 3 N–H and O–H groups in total. The zero-order chi connectivity index (χ0) is 13.9. The van der Waals surface area contributed by atoms with Gasteiger partial charge in [0.25, 0.3) is 0 Å². The van der Waals surface area contributed by atoms with Crippen LogP contribution in [0, 0.1) is 23.7 Å². The highest BCUT2D eigenvalue weighted by Gasteiger charge is 2.65. The molecule has 0 spiro atoms. The van der Waals surface area contributed by atoms with Crippen molar-refractivity contribution in [1.29, 1.82) is 0 Å². The Morgan fingerprint density at radius 2 is 1.80 bits per heavy atom. The number of fused-ring (bicyclic) bond motifs is 5. The number of rotatable bonds is 3. The van der Waals surface area contributed by atoms with Crippen LogP contribution in [0.2, 0.25) is 0 Å². The number of carbonyl (C=O) groups excluding carboxylic acids is 1. The lowest BCUT2D eigenvalue weighted by atomic mass is 9.92. The fraction of sp³-hybridized carbons (Fsp3) is 0.588. The molecular weight excluding hydrogens is 248 g/mol. The Balaban J connectivity index is 1.46. The van der Waals surface area contributed by atoms with Crippen molar-refractivity contribution in [2.45, 2.75) is 37.8 Å². The van der Waals surface area contributed by atoms with E-state index in [2.05, 4.69) is 5.32 Å². The summed E-state index contributed by atoms with van der Waals surface area (Å²) in [7, 11) is 0. The first-order valence-corrected chi connectivity index (χ1v) is 7.74. The topological polar surface area (TPSA) is 55.1 Å². The lowest BCUT2D eigenvalue weighted by Crippen LogP contribution is -2.50. The number of carbonyl (C=O) groups is 1. The zero-order valence-corrected chi connectivity index (χ0v) is 11.9. The fourth-order valence-corrected chi connectivity index (χ4v) is 4.74. The number of benzene rings is 1. The molecule has 106 valence electrons. The maximum atomic E-state index is 12.5. The van der Waals surface area contributed by atoms with E-state index < -0.39 is 5.54 Å². The third-order valence-corrected chi connectivity index (χ3v) is 5.88. The summed E-state index contributed by atoms with van der Waals surface area (Å²) in [5.41, 5.74) is 6.23. The second-order valence-electron chi connectivity index (χ2n) is 7.06. The highest BCUT2D eigenvalue weighted by atomic mass is 16.2. The Morgan fingerprint density at radius 3 is 2.40 bits per heavy atom. The van der Waals surface area contributed by atoms with Crippen LogP contribution in [0.3, 0.4) is 0 Å². The van der Waals surface area contributed by atoms with Crippen molar-refractivity contribution in [3.8, 4) is 0 Å². The van der Waals surface area contributed by atoms with Crippen LogP contribution in [0.1, 0.15) is 31.7 Å².